The van der Waals surface area contributed by atoms with Gasteiger partial charge in [0.25, 0.3) is 0 Å². The summed E-state index contributed by atoms with van der Waals surface area (Å²) in [6.07, 6.45) is 3.84. The molecule has 1 saturated carbocycles. The van der Waals surface area contributed by atoms with Gasteiger partial charge in [0, 0.05) is 0 Å². The normalized spacial score (nSPS) is 22.5. The van der Waals surface area contributed by atoms with Gasteiger partial charge in [-0.25, -0.2) is 8.42 Å². The number of Topliss-reactive ketones (excluding diaryl/α,β-unsaturated/α-hetero) is 1. The third-order valence-corrected chi connectivity index (χ3v) is 4.15. The van der Waals surface area contributed by atoms with E-state index in [0.29, 0.717) is 12.8 Å². The van der Waals surface area contributed by atoms with Crippen LogP contribution in [0.4, 0.5) is 0 Å². The van der Waals surface area contributed by atoms with Gasteiger partial charge in [0.1, 0.15) is 4.75 Å². The van der Waals surface area contributed by atoms with Gasteiger partial charge in [-0.1, -0.05) is 19.3 Å². The quantitative estimate of drug-likeness (QED) is 0.658. The molecule has 1 aliphatic rings. The van der Waals surface area contributed by atoms with Gasteiger partial charge in [-0.2, -0.15) is 0 Å². The van der Waals surface area contributed by atoms with Crippen LogP contribution in [-0.2, 0) is 15.5 Å². The molecule has 0 aliphatic heterocycles. The number of rotatable bonds is 2. The maximum atomic E-state index is 11.2. The predicted octanol–water partition coefficient (Wildman–Crippen LogP) is 0.890. The molecule has 0 bridgehead atoms. The monoisotopic (exact) mass is 190 g/mol. The van der Waals surface area contributed by atoms with E-state index in [1.54, 1.807) is 0 Å². The number of carbonyl (C=O) groups is 1. The number of hydrogen-bond donors (Lipinski definition) is 1. The number of hydrogen-bond acceptors (Lipinski definition) is 3. The Morgan fingerprint density at radius 1 is 1.17 bits per heavy atom. The average Bonchev–Trinajstić information content (AvgIpc) is 2.05. The smallest absolute Gasteiger partial charge is 0.152 e. The first kappa shape index (κ1) is 9.71. The zero-order valence-corrected chi connectivity index (χ0v) is 8.10. The minimum absolute atomic E-state index is 0.182. The molecule has 1 aliphatic carbocycles. The maximum Gasteiger partial charge on any atom is 0.152 e. The summed E-state index contributed by atoms with van der Waals surface area (Å²) in [7, 11) is -2.59. The van der Waals surface area contributed by atoms with Crippen molar-refractivity contribution in [2.24, 2.45) is 0 Å². The highest BCUT2D eigenvalue weighted by Gasteiger charge is 2.39. The SMILES string of the molecule is CC(=O)C1([SH](=O)=O)CCCCC1. The van der Waals surface area contributed by atoms with Crippen LogP contribution in [0.15, 0.2) is 0 Å². The Morgan fingerprint density at radius 3 is 1.92 bits per heavy atom. The second-order valence-electron chi connectivity index (χ2n) is 3.41. The Bertz CT molecular complexity index is 241. The van der Waals surface area contributed by atoms with E-state index in [-0.39, 0.29) is 5.78 Å². The molecule has 0 aromatic carbocycles. The highest BCUT2D eigenvalue weighted by molar-refractivity contribution is 7.75. The third-order valence-electron chi connectivity index (χ3n) is 2.69. The lowest BCUT2D eigenvalue weighted by molar-refractivity contribution is -0.120. The van der Waals surface area contributed by atoms with Gasteiger partial charge in [-0.15, -0.1) is 0 Å². The summed E-state index contributed by atoms with van der Waals surface area (Å²) in [6.45, 7) is 1.39. The van der Waals surface area contributed by atoms with Crippen LogP contribution in [0.1, 0.15) is 39.0 Å². The highest BCUT2D eigenvalue weighted by Crippen LogP contribution is 2.31. The van der Waals surface area contributed by atoms with Gasteiger partial charge in [0.05, 0.1) is 0 Å². The summed E-state index contributed by atoms with van der Waals surface area (Å²) in [5, 5.41) is 0. The third kappa shape index (κ3) is 1.53. The molecule has 12 heavy (non-hydrogen) atoms. The molecule has 70 valence electrons. The van der Waals surface area contributed by atoms with E-state index in [1.807, 2.05) is 0 Å². The van der Waals surface area contributed by atoms with E-state index in [0.717, 1.165) is 19.3 Å². The molecule has 0 radical (unpaired) electrons. The summed E-state index contributed by atoms with van der Waals surface area (Å²) in [5.41, 5.74) is 0. The van der Waals surface area contributed by atoms with Crippen molar-refractivity contribution in [3.8, 4) is 0 Å². The predicted molar refractivity (Wildman–Crippen MR) is 46.8 cm³/mol. The minimum atomic E-state index is -2.59. The molecule has 0 saturated heterocycles. The van der Waals surface area contributed by atoms with Crippen LogP contribution in [-0.4, -0.2) is 18.9 Å². The molecule has 0 aromatic rings. The average molecular weight is 190 g/mol. The second-order valence-corrected chi connectivity index (χ2v) is 4.78. The minimum Gasteiger partial charge on any atom is -0.298 e. The topological polar surface area (TPSA) is 51.2 Å². The zero-order chi connectivity index (χ0) is 9.19. The van der Waals surface area contributed by atoms with Crippen molar-refractivity contribution in [3.05, 3.63) is 0 Å². The van der Waals surface area contributed by atoms with Crippen LogP contribution in [0.3, 0.4) is 0 Å². The van der Waals surface area contributed by atoms with Crippen LogP contribution in [0, 0.1) is 0 Å². The van der Waals surface area contributed by atoms with E-state index >= 15 is 0 Å². The van der Waals surface area contributed by atoms with Gasteiger partial charge in [-0.05, 0) is 19.8 Å². The Hall–Kier alpha value is -0.380. The standard InChI is InChI=1S/C8H14O3S/c1-7(9)8(12(10)11)5-3-2-4-6-8/h12H,2-6H2,1H3. The molecular weight excluding hydrogens is 176 g/mol. The molecule has 1 fully saturated rings. The molecule has 0 amide bonds. The van der Waals surface area contributed by atoms with Gasteiger partial charge in [-0.3, -0.25) is 4.79 Å². The van der Waals surface area contributed by atoms with Crippen molar-refractivity contribution in [3.63, 3.8) is 0 Å². The van der Waals surface area contributed by atoms with E-state index in [4.69, 9.17) is 0 Å². The molecule has 0 heterocycles. The van der Waals surface area contributed by atoms with Crippen LogP contribution in [0.2, 0.25) is 0 Å². The van der Waals surface area contributed by atoms with Crippen LogP contribution >= 0.6 is 0 Å². The van der Waals surface area contributed by atoms with Gasteiger partial charge in [0.2, 0.25) is 0 Å². The van der Waals surface area contributed by atoms with Crippen LogP contribution < -0.4 is 0 Å². The van der Waals surface area contributed by atoms with Crippen molar-refractivity contribution in [2.75, 3.05) is 0 Å². The summed E-state index contributed by atoms with van der Waals surface area (Å²) in [6, 6.07) is 0. The molecular formula is C8H14O3S. The van der Waals surface area contributed by atoms with Crippen molar-refractivity contribution < 1.29 is 13.2 Å². The largest absolute Gasteiger partial charge is 0.298 e. The van der Waals surface area contributed by atoms with E-state index in [2.05, 4.69) is 0 Å². The molecule has 0 aromatic heterocycles. The van der Waals surface area contributed by atoms with E-state index in [1.165, 1.54) is 6.92 Å². The maximum absolute atomic E-state index is 11.2. The summed E-state index contributed by atoms with van der Waals surface area (Å²) in [4.78, 5) is 11.2. The number of carbonyl (C=O) groups excluding carboxylic acids is 1. The highest BCUT2D eigenvalue weighted by atomic mass is 32.2. The zero-order valence-electron chi connectivity index (χ0n) is 7.21. The fourth-order valence-electron chi connectivity index (χ4n) is 1.80. The van der Waals surface area contributed by atoms with Crippen molar-refractivity contribution >= 4 is 16.5 Å². The molecule has 0 atom stereocenters. The van der Waals surface area contributed by atoms with E-state index in [9.17, 15) is 13.2 Å². The van der Waals surface area contributed by atoms with Gasteiger partial charge in [0.15, 0.2) is 16.5 Å². The summed E-state index contributed by atoms with van der Waals surface area (Å²) in [5.74, 6) is -0.182. The molecule has 3 nitrogen and oxygen atoms in total. The van der Waals surface area contributed by atoms with Crippen molar-refractivity contribution in [2.45, 2.75) is 43.8 Å². The van der Waals surface area contributed by atoms with Crippen molar-refractivity contribution in [1.82, 2.24) is 0 Å². The Morgan fingerprint density at radius 2 is 1.67 bits per heavy atom. The van der Waals surface area contributed by atoms with Crippen LogP contribution in [0.5, 0.6) is 0 Å². The lowest BCUT2D eigenvalue weighted by Gasteiger charge is -2.28. The molecule has 0 unspecified atom stereocenters. The lowest BCUT2D eigenvalue weighted by atomic mass is 9.86. The fraction of sp³-hybridized carbons (Fsp3) is 0.875. The lowest BCUT2D eigenvalue weighted by Crippen LogP contribution is -2.40. The van der Waals surface area contributed by atoms with Crippen LogP contribution in [0.25, 0.3) is 0 Å². The second kappa shape index (κ2) is 3.56. The first-order valence-electron chi connectivity index (χ1n) is 4.25. The fourth-order valence-corrected chi connectivity index (χ4v) is 2.74. The van der Waals surface area contributed by atoms with Gasteiger partial charge >= 0.3 is 0 Å². The molecule has 0 spiro atoms. The molecule has 1 rings (SSSR count). The first-order chi connectivity index (χ1) is 5.59. The number of ketones is 1. The Kier molecular flexibility index (Phi) is 2.88. The van der Waals surface area contributed by atoms with Gasteiger partial charge < -0.3 is 0 Å². The summed E-state index contributed by atoms with van der Waals surface area (Å²) < 4.78 is 20.9. The number of thiol groups is 1. The molecule has 0 N–H and O–H groups in total. The summed E-state index contributed by atoms with van der Waals surface area (Å²) >= 11 is 0. The first-order valence-corrected chi connectivity index (χ1v) is 5.43. The van der Waals surface area contributed by atoms with E-state index < -0.39 is 15.5 Å². The Balaban J connectivity index is 2.92. The Labute approximate surface area is 74.1 Å². The molecule has 4 heteroatoms. The van der Waals surface area contributed by atoms with Crippen molar-refractivity contribution in [1.29, 1.82) is 0 Å².